The maximum absolute atomic E-state index is 13.5. The molecule has 164 valence electrons. The Kier molecular flexibility index (Phi) is 6.23. The fraction of sp³-hybridized carbons (Fsp3) is 0.417. The molecule has 0 radical (unpaired) electrons. The van der Waals surface area contributed by atoms with E-state index < -0.39 is 0 Å². The van der Waals surface area contributed by atoms with E-state index in [-0.39, 0.29) is 23.7 Å². The number of likely N-dealkylation sites (tertiary alicyclic amines) is 1. The molecule has 0 aliphatic carbocycles. The molecule has 2 aromatic carbocycles. The molecule has 4 rings (SSSR count). The van der Waals surface area contributed by atoms with Gasteiger partial charge in [0.15, 0.2) is 0 Å². The summed E-state index contributed by atoms with van der Waals surface area (Å²) in [5.74, 6) is 0.153. The van der Waals surface area contributed by atoms with Gasteiger partial charge in [0.05, 0.1) is 0 Å². The summed E-state index contributed by atoms with van der Waals surface area (Å²) in [7, 11) is 0. The second-order valence-corrected chi connectivity index (χ2v) is 8.75. The fourth-order valence-electron chi connectivity index (χ4n) is 4.66. The largest absolute Gasteiger partial charge is 0.384 e. The van der Waals surface area contributed by atoms with Crippen molar-refractivity contribution in [3.05, 3.63) is 65.5 Å². The molecule has 2 aliphatic rings. The first kappa shape index (κ1) is 21.3. The van der Waals surface area contributed by atoms with E-state index in [1.54, 1.807) is 18.2 Å². The monoisotopic (exact) mass is 423 g/mol. The minimum absolute atomic E-state index is 0.00174. The van der Waals surface area contributed by atoms with Crippen molar-refractivity contribution in [3.8, 4) is 0 Å². The van der Waals surface area contributed by atoms with Gasteiger partial charge in [0.25, 0.3) is 0 Å². The van der Waals surface area contributed by atoms with Crippen molar-refractivity contribution < 1.29 is 9.18 Å². The Balaban J connectivity index is 1.42. The molecule has 0 spiro atoms. The summed E-state index contributed by atoms with van der Waals surface area (Å²) < 4.78 is 13.5. The van der Waals surface area contributed by atoms with Gasteiger partial charge in [-0.15, -0.1) is 0 Å². The normalized spacial score (nSPS) is 20.8. The Morgan fingerprint density at radius 3 is 2.58 bits per heavy atom. The van der Waals surface area contributed by atoms with Gasteiger partial charge in [-0.05, 0) is 48.6 Å². The smallest absolute Gasteiger partial charge is 0.324 e. The number of anilines is 1. The molecule has 1 atom stereocenters. The van der Waals surface area contributed by atoms with Crippen LogP contribution in [0.4, 0.5) is 14.9 Å². The first-order valence-electron chi connectivity index (χ1n) is 10.9. The van der Waals surface area contributed by atoms with E-state index in [1.807, 2.05) is 34.1 Å². The van der Waals surface area contributed by atoms with E-state index in [1.165, 1.54) is 6.07 Å². The predicted molar refractivity (Wildman–Crippen MR) is 121 cm³/mol. The molecular formula is C24H30FN5O. The Morgan fingerprint density at radius 1 is 1.13 bits per heavy atom. The Labute approximate surface area is 182 Å². The SMILES string of the molecule is CC1CN(c2cccc(C(=N)N)c2)C(=O)N(C2CCN(Cc3cccc(F)c3)CC2)C1. The lowest BCUT2D eigenvalue weighted by atomic mass is 9.99. The number of nitrogens with zero attached hydrogens (tertiary/aromatic N) is 3. The van der Waals surface area contributed by atoms with Gasteiger partial charge in [0.1, 0.15) is 11.7 Å². The third-order valence-electron chi connectivity index (χ3n) is 6.24. The number of benzene rings is 2. The molecule has 0 saturated carbocycles. The van der Waals surface area contributed by atoms with E-state index >= 15 is 0 Å². The van der Waals surface area contributed by atoms with E-state index in [2.05, 4.69) is 11.8 Å². The molecule has 0 bridgehead atoms. The van der Waals surface area contributed by atoms with Crippen LogP contribution >= 0.6 is 0 Å². The minimum Gasteiger partial charge on any atom is -0.384 e. The Bertz CT molecular complexity index is 956. The zero-order chi connectivity index (χ0) is 22.0. The number of amidine groups is 1. The zero-order valence-corrected chi connectivity index (χ0v) is 17.9. The number of nitrogens with one attached hydrogen (secondary N) is 1. The highest BCUT2D eigenvalue weighted by molar-refractivity contribution is 5.98. The van der Waals surface area contributed by atoms with Gasteiger partial charge < -0.3 is 10.6 Å². The van der Waals surface area contributed by atoms with E-state index in [9.17, 15) is 9.18 Å². The molecule has 2 aliphatic heterocycles. The van der Waals surface area contributed by atoms with Gasteiger partial charge in [0.2, 0.25) is 0 Å². The third kappa shape index (κ3) is 4.88. The fourth-order valence-corrected chi connectivity index (χ4v) is 4.66. The minimum atomic E-state index is -0.200. The number of nitrogens with two attached hydrogens (primary N) is 1. The maximum atomic E-state index is 13.5. The first-order valence-corrected chi connectivity index (χ1v) is 10.9. The van der Waals surface area contributed by atoms with Gasteiger partial charge in [-0.3, -0.25) is 15.2 Å². The summed E-state index contributed by atoms with van der Waals surface area (Å²) in [6, 6.07) is 14.4. The van der Waals surface area contributed by atoms with Gasteiger partial charge in [0, 0.05) is 50.0 Å². The van der Waals surface area contributed by atoms with Crippen LogP contribution in [0.5, 0.6) is 0 Å². The third-order valence-corrected chi connectivity index (χ3v) is 6.24. The lowest BCUT2D eigenvalue weighted by Gasteiger charge is -2.45. The van der Waals surface area contributed by atoms with Crippen LogP contribution in [0.15, 0.2) is 48.5 Å². The molecule has 7 heteroatoms. The summed E-state index contributed by atoms with van der Waals surface area (Å²) in [5, 5.41) is 7.69. The molecule has 0 aromatic heterocycles. The van der Waals surface area contributed by atoms with E-state index in [0.717, 1.165) is 50.3 Å². The molecule has 6 nitrogen and oxygen atoms in total. The van der Waals surface area contributed by atoms with Gasteiger partial charge in [-0.2, -0.15) is 0 Å². The number of amides is 2. The summed E-state index contributed by atoms with van der Waals surface area (Å²) >= 11 is 0. The molecule has 2 amide bonds. The van der Waals surface area contributed by atoms with Crippen LogP contribution in [0, 0.1) is 17.1 Å². The lowest BCUT2D eigenvalue weighted by molar-refractivity contribution is 0.103. The molecule has 3 N–H and O–H groups in total. The van der Waals surface area contributed by atoms with Gasteiger partial charge >= 0.3 is 6.03 Å². The quantitative estimate of drug-likeness (QED) is 0.569. The number of carbonyl (C=O) groups excluding carboxylic acids is 1. The average molecular weight is 424 g/mol. The van der Waals surface area contributed by atoms with Crippen LogP contribution < -0.4 is 10.6 Å². The molecule has 2 saturated heterocycles. The molecule has 31 heavy (non-hydrogen) atoms. The standard InChI is InChI=1S/C24H30FN5O/c1-17-14-29(24(31)30(15-17)22-7-3-5-19(13-22)23(26)27)21-8-10-28(11-9-21)16-18-4-2-6-20(25)12-18/h2-7,12-13,17,21H,8-11,14-16H2,1H3,(H3,26,27). The summed E-state index contributed by atoms with van der Waals surface area (Å²) in [6.07, 6.45) is 1.82. The molecule has 2 aromatic rings. The highest BCUT2D eigenvalue weighted by Crippen LogP contribution is 2.28. The summed E-state index contributed by atoms with van der Waals surface area (Å²) in [6.45, 7) is 6.10. The van der Waals surface area contributed by atoms with Crippen molar-refractivity contribution in [2.24, 2.45) is 11.7 Å². The number of halogens is 1. The van der Waals surface area contributed by atoms with Crippen molar-refractivity contribution >= 4 is 17.6 Å². The van der Waals surface area contributed by atoms with Crippen molar-refractivity contribution in [2.45, 2.75) is 32.4 Å². The van der Waals surface area contributed by atoms with Crippen LogP contribution in [0.2, 0.25) is 0 Å². The molecule has 1 unspecified atom stereocenters. The van der Waals surface area contributed by atoms with Crippen LogP contribution in [0.25, 0.3) is 0 Å². The number of rotatable bonds is 5. The second-order valence-electron chi connectivity index (χ2n) is 8.75. The highest BCUT2D eigenvalue weighted by Gasteiger charge is 2.36. The number of carbonyl (C=O) groups is 1. The summed E-state index contributed by atoms with van der Waals surface area (Å²) in [4.78, 5) is 19.5. The van der Waals surface area contributed by atoms with Crippen molar-refractivity contribution in [2.75, 3.05) is 31.1 Å². The Hall–Kier alpha value is -2.93. The zero-order valence-electron chi connectivity index (χ0n) is 17.9. The predicted octanol–water partition coefficient (Wildman–Crippen LogP) is 3.65. The van der Waals surface area contributed by atoms with Crippen LogP contribution in [0.1, 0.15) is 30.9 Å². The average Bonchev–Trinajstić information content (AvgIpc) is 2.76. The second kappa shape index (κ2) is 9.06. The van der Waals surface area contributed by atoms with Crippen LogP contribution in [0.3, 0.4) is 0 Å². The summed E-state index contributed by atoms with van der Waals surface area (Å²) in [5.41, 5.74) is 8.04. The number of nitrogen functional groups attached to an aromatic ring is 1. The Morgan fingerprint density at radius 2 is 1.87 bits per heavy atom. The van der Waals surface area contributed by atoms with Crippen LogP contribution in [-0.4, -0.2) is 53.9 Å². The van der Waals surface area contributed by atoms with Crippen LogP contribution in [-0.2, 0) is 6.54 Å². The van der Waals surface area contributed by atoms with E-state index in [4.69, 9.17) is 11.1 Å². The highest BCUT2D eigenvalue weighted by atomic mass is 19.1. The number of hydrogen-bond acceptors (Lipinski definition) is 3. The topological polar surface area (TPSA) is 76.7 Å². The van der Waals surface area contributed by atoms with Gasteiger partial charge in [-0.1, -0.05) is 31.2 Å². The van der Waals surface area contributed by atoms with Gasteiger partial charge in [-0.25, -0.2) is 9.18 Å². The maximum Gasteiger partial charge on any atom is 0.324 e. The van der Waals surface area contributed by atoms with E-state index in [0.29, 0.717) is 18.0 Å². The first-order chi connectivity index (χ1) is 14.9. The van der Waals surface area contributed by atoms with Crippen molar-refractivity contribution in [3.63, 3.8) is 0 Å². The molecular weight excluding hydrogens is 393 g/mol. The van der Waals surface area contributed by atoms with Crippen molar-refractivity contribution in [1.82, 2.24) is 9.80 Å². The van der Waals surface area contributed by atoms with Crippen molar-refractivity contribution in [1.29, 1.82) is 5.41 Å². The number of piperidine rings is 1. The molecule has 2 heterocycles. The molecule has 2 fully saturated rings. The lowest BCUT2D eigenvalue weighted by Crippen LogP contribution is -2.58. The number of hydrogen-bond donors (Lipinski definition) is 2. The number of urea groups is 1.